The fourth-order valence-electron chi connectivity index (χ4n) is 2.59. The molecule has 0 unspecified atom stereocenters. The van der Waals surface area contributed by atoms with E-state index in [0.29, 0.717) is 16.7 Å². The first-order valence-corrected chi connectivity index (χ1v) is 6.95. The van der Waals surface area contributed by atoms with Gasteiger partial charge in [-0.25, -0.2) is 9.37 Å². The Morgan fingerprint density at radius 2 is 1.87 bits per heavy atom. The highest BCUT2D eigenvalue weighted by atomic mass is 19.1. The van der Waals surface area contributed by atoms with Crippen LogP contribution in [0.5, 0.6) is 0 Å². The van der Waals surface area contributed by atoms with Crippen molar-refractivity contribution in [2.75, 3.05) is 0 Å². The summed E-state index contributed by atoms with van der Waals surface area (Å²) in [7, 11) is 0. The molecule has 3 rings (SSSR count). The van der Waals surface area contributed by atoms with Crippen LogP contribution in [0.15, 0.2) is 53.7 Å². The molecule has 0 bridgehead atoms. The highest BCUT2D eigenvalue weighted by Gasteiger charge is 2.18. The molecule has 0 saturated heterocycles. The van der Waals surface area contributed by atoms with Gasteiger partial charge in [-0.3, -0.25) is 4.79 Å². The van der Waals surface area contributed by atoms with Crippen molar-refractivity contribution in [3.8, 4) is 28.3 Å². The molecule has 1 N–H and O–H groups in total. The molecule has 0 amide bonds. The van der Waals surface area contributed by atoms with Crippen molar-refractivity contribution in [3.05, 3.63) is 76.2 Å². The van der Waals surface area contributed by atoms with Gasteiger partial charge in [-0.05, 0) is 24.1 Å². The Labute approximate surface area is 131 Å². The molecule has 0 fully saturated rings. The Hall–Kier alpha value is -3.26. The van der Waals surface area contributed by atoms with Gasteiger partial charge in [0.25, 0.3) is 5.56 Å². The molecule has 23 heavy (non-hydrogen) atoms. The summed E-state index contributed by atoms with van der Waals surface area (Å²) in [5.74, 6) is -0.536. The lowest BCUT2D eigenvalue weighted by molar-refractivity contribution is 0.631. The molecule has 2 aromatic carbocycles. The molecule has 5 heteroatoms. The van der Waals surface area contributed by atoms with Gasteiger partial charge in [-0.2, -0.15) is 5.26 Å². The van der Waals surface area contributed by atoms with Crippen LogP contribution >= 0.6 is 0 Å². The SMILES string of the molecule is Cc1cccc(-c2cccc(F)c2-c2cnc[nH]c2=O)c1C#N. The summed E-state index contributed by atoms with van der Waals surface area (Å²) in [4.78, 5) is 18.4. The first-order chi connectivity index (χ1) is 11.1. The second kappa shape index (κ2) is 5.85. The van der Waals surface area contributed by atoms with Crippen LogP contribution in [0.1, 0.15) is 11.1 Å². The van der Waals surface area contributed by atoms with Crippen molar-refractivity contribution in [2.45, 2.75) is 6.92 Å². The van der Waals surface area contributed by atoms with Crippen LogP contribution in [0, 0.1) is 24.1 Å². The molecule has 4 nitrogen and oxygen atoms in total. The normalized spacial score (nSPS) is 10.3. The van der Waals surface area contributed by atoms with E-state index in [0.717, 1.165) is 5.56 Å². The average Bonchev–Trinajstić information content (AvgIpc) is 2.55. The van der Waals surface area contributed by atoms with Gasteiger partial charge < -0.3 is 4.98 Å². The lowest BCUT2D eigenvalue weighted by atomic mass is 9.91. The van der Waals surface area contributed by atoms with Gasteiger partial charge in [0.2, 0.25) is 0 Å². The third-order valence-corrected chi connectivity index (χ3v) is 3.68. The van der Waals surface area contributed by atoms with Crippen LogP contribution in [-0.4, -0.2) is 9.97 Å². The number of nitrogens with one attached hydrogen (secondary N) is 1. The molecule has 112 valence electrons. The number of aromatic amines is 1. The Balaban J connectivity index is 2.39. The number of aryl methyl sites for hydroxylation is 1. The Bertz CT molecular complexity index is 986. The van der Waals surface area contributed by atoms with Crippen molar-refractivity contribution >= 4 is 0 Å². The zero-order valence-electron chi connectivity index (χ0n) is 12.3. The first-order valence-electron chi connectivity index (χ1n) is 6.95. The van der Waals surface area contributed by atoms with Crippen LogP contribution in [0.2, 0.25) is 0 Å². The smallest absolute Gasteiger partial charge is 0.258 e. The van der Waals surface area contributed by atoms with Crippen molar-refractivity contribution in [2.24, 2.45) is 0 Å². The minimum atomic E-state index is -0.536. The molecule has 0 aliphatic carbocycles. The van der Waals surface area contributed by atoms with Crippen molar-refractivity contribution in [1.29, 1.82) is 5.26 Å². The van der Waals surface area contributed by atoms with Crippen LogP contribution in [0.3, 0.4) is 0 Å². The lowest BCUT2D eigenvalue weighted by Crippen LogP contribution is -2.10. The van der Waals surface area contributed by atoms with E-state index < -0.39 is 11.4 Å². The Kier molecular flexibility index (Phi) is 3.73. The van der Waals surface area contributed by atoms with Gasteiger partial charge in [-0.15, -0.1) is 0 Å². The number of nitriles is 1. The van der Waals surface area contributed by atoms with E-state index in [1.807, 2.05) is 13.0 Å². The van der Waals surface area contributed by atoms with E-state index in [4.69, 9.17) is 0 Å². The summed E-state index contributed by atoms with van der Waals surface area (Å²) in [6, 6.07) is 12.0. The van der Waals surface area contributed by atoms with E-state index in [1.54, 1.807) is 24.3 Å². The maximum absolute atomic E-state index is 14.5. The van der Waals surface area contributed by atoms with E-state index in [2.05, 4.69) is 16.0 Å². The van der Waals surface area contributed by atoms with E-state index in [1.165, 1.54) is 18.6 Å². The quantitative estimate of drug-likeness (QED) is 0.788. The van der Waals surface area contributed by atoms with Crippen molar-refractivity contribution in [3.63, 3.8) is 0 Å². The van der Waals surface area contributed by atoms with E-state index >= 15 is 0 Å². The summed E-state index contributed by atoms with van der Waals surface area (Å²) in [5, 5.41) is 9.42. The second-order valence-corrected chi connectivity index (χ2v) is 5.07. The standard InChI is InChI=1S/C18H12FN3O/c1-11-4-2-5-12(14(11)8-20)13-6-3-7-16(19)17(13)15-9-21-10-22-18(15)23/h2-7,9-10H,1H3,(H,21,22,23). The summed E-state index contributed by atoms with van der Waals surface area (Å²) in [6.45, 7) is 1.82. The minimum Gasteiger partial charge on any atom is -0.313 e. The molecule has 1 aromatic heterocycles. The molecule has 0 spiro atoms. The number of rotatable bonds is 2. The molecular formula is C18H12FN3O. The maximum atomic E-state index is 14.5. The van der Waals surface area contributed by atoms with Gasteiger partial charge in [0.1, 0.15) is 11.9 Å². The molecule has 0 aliphatic rings. The molecule has 1 heterocycles. The summed E-state index contributed by atoms with van der Waals surface area (Å²) >= 11 is 0. The third kappa shape index (κ3) is 2.51. The Morgan fingerprint density at radius 1 is 1.13 bits per heavy atom. The zero-order chi connectivity index (χ0) is 16.4. The third-order valence-electron chi connectivity index (χ3n) is 3.68. The molecule has 0 aliphatic heterocycles. The number of nitrogens with zero attached hydrogens (tertiary/aromatic N) is 2. The molecular weight excluding hydrogens is 293 g/mol. The van der Waals surface area contributed by atoms with E-state index in [9.17, 15) is 14.4 Å². The van der Waals surface area contributed by atoms with Gasteiger partial charge in [-0.1, -0.05) is 30.3 Å². The average molecular weight is 305 g/mol. The highest BCUT2D eigenvalue weighted by Crippen LogP contribution is 2.34. The van der Waals surface area contributed by atoms with Crippen LogP contribution in [-0.2, 0) is 0 Å². The number of hydrogen-bond donors (Lipinski definition) is 1. The molecule has 0 radical (unpaired) electrons. The monoisotopic (exact) mass is 305 g/mol. The van der Waals surface area contributed by atoms with Crippen LogP contribution in [0.4, 0.5) is 4.39 Å². The highest BCUT2D eigenvalue weighted by molar-refractivity contribution is 5.86. The Morgan fingerprint density at radius 3 is 2.61 bits per heavy atom. The summed E-state index contributed by atoms with van der Waals surface area (Å²) < 4.78 is 14.5. The molecule has 0 saturated carbocycles. The van der Waals surface area contributed by atoms with Gasteiger partial charge in [0, 0.05) is 17.3 Å². The van der Waals surface area contributed by atoms with Gasteiger partial charge in [0.15, 0.2) is 0 Å². The summed E-state index contributed by atoms with van der Waals surface area (Å²) in [6.07, 6.45) is 2.57. The maximum Gasteiger partial charge on any atom is 0.258 e. The van der Waals surface area contributed by atoms with E-state index in [-0.39, 0.29) is 11.1 Å². The largest absolute Gasteiger partial charge is 0.313 e. The minimum absolute atomic E-state index is 0.131. The number of hydrogen-bond acceptors (Lipinski definition) is 3. The fraction of sp³-hybridized carbons (Fsp3) is 0.0556. The number of benzene rings is 2. The van der Waals surface area contributed by atoms with Gasteiger partial charge >= 0.3 is 0 Å². The zero-order valence-corrected chi connectivity index (χ0v) is 12.3. The number of halogens is 1. The fourth-order valence-corrected chi connectivity index (χ4v) is 2.59. The predicted octanol–water partition coefficient (Wildman–Crippen LogP) is 3.42. The van der Waals surface area contributed by atoms with Crippen molar-refractivity contribution < 1.29 is 4.39 Å². The number of H-pyrrole nitrogens is 1. The second-order valence-electron chi connectivity index (χ2n) is 5.07. The van der Waals surface area contributed by atoms with Gasteiger partial charge in [0.05, 0.1) is 17.5 Å². The molecule has 3 aromatic rings. The number of aromatic nitrogens is 2. The topological polar surface area (TPSA) is 69.5 Å². The molecule has 0 atom stereocenters. The van der Waals surface area contributed by atoms with Crippen LogP contribution in [0.25, 0.3) is 22.3 Å². The lowest BCUT2D eigenvalue weighted by Gasteiger charge is -2.12. The first kappa shape index (κ1) is 14.7. The van der Waals surface area contributed by atoms with Crippen molar-refractivity contribution in [1.82, 2.24) is 9.97 Å². The van der Waals surface area contributed by atoms with Crippen LogP contribution < -0.4 is 5.56 Å². The predicted molar refractivity (Wildman–Crippen MR) is 85.1 cm³/mol. The summed E-state index contributed by atoms with van der Waals surface area (Å²) in [5.41, 5.74) is 2.17.